The van der Waals surface area contributed by atoms with E-state index in [1.165, 1.54) is 31.4 Å². The molecule has 6 nitrogen and oxygen atoms in total. The summed E-state index contributed by atoms with van der Waals surface area (Å²) in [4.78, 5) is 12.5. The zero-order valence-electron chi connectivity index (χ0n) is 17.0. The van der Waals surface area contributed by atoms with Crippen LogP contribution in [0.2, 0.25) is 0 Å². The van der Waals surface area contributed by atoms with E-state index in [-0.39, 0.29) is 11.5 Å². The zero-order valence-corrected chi connectivity index (χ0v) is 17.8. The van der Waals surface area contributed by atoms with Gasteiger partial charge >= 0.3 is 0 Å². The number of rotatable bonds is 7. The van der Waals surface area contributed by atoms with Gasteiger partial charge in [0.25, 0.3) is 5.91 Å². The number of sulfonamides is 1. The Morgan fingerprint density at radius 1 is 1.10 bits per heavy atom. The molecule has 0 aromatic heterocycles. The average molecular weight is 437 g/mol. The molecule has 0 spiro atoms. The summed E-state index contributed by atoms with van der Waals surface area (Å²) in [6.07, 6.45) is 8.90. The Morgan fingerprint density at radius 2 is 1.80 bits per heavy atom. The average Bonchev–Trinajstić information content (AvgIpc) is 3.58. The van der Waals surface area contributed by atoms with E-state index >= 15 is 0 Å². The van der Waals surface area contributed by atoms with Crippen molar-refractivity contribution in [1.29, 1.82) is 0 Å². The van der Waals surface area contributed by atoms with Crippen molar-refractivity contribution in [2.75, 3.05) is 6.61 Å². The number of carbonyl (C=O) groups is 1. The van der Waals surface area contributed by atoms with Gasteiger partial charge < -0.3 is 10.1 Å². The summed E-state index contributed by atoms with van der Waals surface area (Å²) in [5, 5.41) is 3.14. The van der Waals surface area contributed by atoms with Crippen LogP contribution in [0.4, 0.5) is 4.39 Å². The van der Waals surface area contributed by atoms with Gasteiger partial charge in [0, 0.05) is 18.2 Å². The minimum absolute atomic E-state index is 0.218. The van der Waals surface area contributed by atoms with E-state index in [0.29, 0.717) is 43.2 Å². The summed E-state index contributed by atoms with van der Waals surface area (Å²) in [5.74, 6) is -0.428. The first-order valence-electron chi connectivity index (χ1n) is 11.2. The lowest BCUT2D eigenvalue weighted by molar-refractivity contribution is 0.0977. The van der Waals surface area contributed by atoms with Crippen LogP contribution in [0.3, 0.4) is 0 Å². The topological polar surface area (TPSA) is 84.5 Å². The molecule has 3 atom stereocenters. The number of benzene rings is 1. The van der Waals surface area contributed by atoms with Gasteiger partial charge in [0.2, 0.25) is 10.0 Å². The molecule has 1 unspecified atom stereocenters. The van der Waals surface area contributed by atoms with Crippen LogP contribution >= 0.6 is 0 Å². The SMILES string of the molecule is O=C(NS(=O)(=O)C1CC1)c1cc(C2CC2)c(OCC2C[C@H]3CCC[C@@H](C2)N3)cc1F. The fourth-order valence-corrected chi connectivity index (χ4v) is 6.25. The van der Waals surface area contributed by atoms with Crippen LogP contribution in [0.1, 0.15) is 79.6 Å². The molecule has 2 aliphatic heterocycles. The summed E-state index contributed by atoms with van der Waals surface area (Å²) in [7, 11) is -3.71. The third-order valence-corrected chi connectivity index (χ3v) is 8.67. The summed E-state index contributed by atoms with van der Waals surface area (Å²) < 4.78 is 47.0. The molecule has 2 aliphatic carbocycles. The van der Waals surface area contributed by atoms with Crippen LogP contribution in [-0.2, 0) is 10.0 Å². The third-order valence-electron chi connectivity index (χ3n) is 6.85. The van der Waals surface area contributed by atoms with Gasteiger partial charge in [-0.15, -0.1) is 0 Å². The maximum atomic E-state index is 14.8. The lowest BCUT2D eigenvalue weighted by Gasteiger charge is -2.40. The summed E-state index contributed by atoms with van der Waals surface area (Å²) in [6, 6.07) is 3.89. The summed E-state index contributed by atoms with van der Waals surface area (Å²) in [5.41, 5.74) is 0.601. The molecule has 2 bridgehead atoms. The van der Waals surface area contributed by atoms with E-state index in [0.717, 1.165) is 31.2 Å². The number of nitrogens with one attached hydrogen (secondary N) is 2. The monoisotopic (exact) mass is 436 g/mol. The first kappa shape index (κ1) is 20.2. The fourth-order valence-electron chi connectivity index (χ4n) is 4.96. The molecule has 2 heterocycles. The Hall–Kier alpha value is -1.67. The Morgan fingerprint density at radius 3 is 2.43 bits per heavy atom. The standard InChI is InChI=1S/C22H29FN2O4S/c23-20-11-21(29-12-13-8-15-2-1-3-16(9-13)24-15)18(14-4-5-14)10-19(20)22(26)25-30(27,28)17-6-7-17/h10-11,13-17,24H,1-9,12H2,(H,25,26)/t13?,15-,16+. The Balaban J connectivity index is 1.30. The normalized spacial score (nSPS) is 28.8. The molecule has 5 rings (SSSR count). The molecule has 2 saturated heterocycles. The van der Waals surface area contributed by atoms with E-state index < -0.39 is 27.0 Å². The van der Waals surface area contributed by atoms with E-state index in [1.807, 2.05) is 4.72 Å². The van der Waals surface area contributed by atoms with E-state index in [2.05, 4.69) is 5.32 Å². The second-order valence-electron chi connectivity index (χ2n) is 9.46. The van der Waals surface area contributed by atoms with Crippen LogP contribution < -0.4 is 14.8 Å². The highest BCUT2D eigenvalue weighted by Gasteiger charge is 2.38. The fraction of sp³-hybridized carbons (Fsp3) is 0.682. The molecule has 30 heavy (non-hydrogen) atoms. The molecule has 164 valence electrons. The molecule has 0 radical (unpaired) electrons. The van der Waals surface area contributed by atoms with E-state index in [4.69, 9.17) is 4.74 Å². The molecule has 2 saturated carbocycles. The quantitative estimate of drug-likeness (QED) is 0.686. The van der Waals surface area contributed by atoms with Crippen molar-refractivity contribution >= 4 is 15.9 Å². The minimum atomic E-state index is -3.71. The number of piperidine rings is 2. The highest BCUT2D eigenvalue weighted by molar-refractivity contribution is 7.91. The van der Waals surface area contributed by atoms with Crippen molar-refractivity contribution in [2.24, 2.45) is 5.92 Å². The van der Waals surface area contributed by atoms with Crippen molar-refractivity contribution in [2.45, 2.75) is 81.0 Å². The first-order chi connectivity index (χ1) is 14.4. The second-order valence-corrected chi connectivity index (χ2v) is 11.4. The molecule has 4 aliphatic rings. The smallest absolute Gasteiger partial charge is 0.267 e. The second kappa shape index (κ2) is 7.79. The van der Waals surface area contributed by atoms with E-state index in [9.17, 15) is 17.6 Å². The summed E-state index contributed by atoms with van der Waals surface area (Å²) in [6.45, 7) is 0.551. The third kappa shape index (κ3) is 4.35. The van der Waals surface area contributed by atoms with Gasteiger partial charge in [-0.1, -0.05) is 6.42 Å². The summed E-state index contributed by atoms with van der Waals surface area (Å²) >= 11 is 0. The van der Waals surface area contributed by atoms with Crippen molar-refractivity contribution in [3.8, 4) is 5.75 Å². The number of ether oxygens (including phenoxy) is 1. The van der Waals surface area contributed by atoms with Crippen LogP contribution in [-0.4, -0.2) is 38.3 Å². The van der Waals surface area contributed by atoms with Gasteiger partial charge in [0.05, 0.1) is 17.4 Å². The van der Waals surface area contributed by atoms with Gasteiger partial charge in [-0.05, 0) is 74.8 Å². The Bertz CT molecular complexity index is 931. The predicted octanol–water partition coefficient (Wildman–Crippen LogP) is 3.22. The van der Waals surface area contributed by atoms with Crippen LogP contribution in [0.15, 0.2) is 12.1 Å². The van der Waals surface area contributed by atoms with Gasteiger partial charge in [-0.2, -0.15) is 0 Å². The molecule has 1 aromatic carbocycles. The lowest BCUT2D eigenvalue weighted by Crippen LogP contribution is -2.49. The zero-order chi connectivity index (χ0) is 20.9. The highest BCUT2D eigenvalue weighted by atomic mass is 32.2. The maximum absolute atomic E-state index is 14.8. The number of amides is 1. The molecular formula is C22H29FN2O4S. The first-order valence-corrected chi connectivity index (χ1v) is 12.7. The number of hydrogen-bond donors (Lipinski definition) is 2. The Kier molecular flexibility index (Phi) is 5.25. The molecule has 8 heteroatoms. The van der Waals surface area contributed by atoms with E-state index in [1.54, 1.807) is 0 Å². The minimum Gasteiger partial charge on any atom is -0.493 e. The number of hydrogen-bond acceptors (Lipinski definition) is 5. The van der Waals surface area contributed by atoms with Gasteiger partial charge in [0.15, 0.2) is 0 Å². The van der Waals surface area contributed by atoms with Crippen LogP contribution in [0.5, 0.6) is 5.75 Å². The maximum Gasteiger partial charge on any atom is 0.267 e. The lowest BCUT2D eigenvalue weighted by atomic mass is 9.81. The number of fused-ring (bicyclic) bond motifs is 2. The molecule has 1 amide bonds. The van der Waals surface area contributed by atoms with Crippen molar-refractivity contribution in [3.05, 3.63) is 29.1 Å². The van der Waals surface area contributed by atoms with Crippen molar-refractivity contribution in [1.82, 2.24) is 10.0 Å². The molecular weight excluding hydrogens is 407 g/mol. The largest absolute Gasteiger partial charge is 0.493 e. The Labute approximate surface area is 177 Å². The van der Waals surface area contributed by atoms with Crippen LogP contribution in [0, 0.1) is 11.7 Å². The molecule has 1 aromatic rings. The van der Waals surface area contributed by atoms with Crippen molar-refractivity contribution in [3.63, 3.8) is 0 Å². The van der Waals surface area contributed by atoms with Crippen LogP contribution in [0.25, 0.3) is 0 Å². The molecule has 2 N–H and O–H groups in total. The van der Waals surface area contributed by atoms with Gasteiger partial charge in [-0.3, -0.25) is 4.79 Å². The van der Waals surface area contributed by atoms with Gasteiger partial charge in [0.1, 0.15) is 11.6 Å². The van der Waals surface area contributed by atoms with Crippen molar-refractivity contribution < 1.29 is 22.3 Å². The number of halogens is 1. The predicted molar refractivity (Wildman–Crippen MR) is 111 cm³/mol. The molecule has 4 fully saturated rings. The van der Waals surface area contributed by atoms with Gasteiger partial charge in [-0.25, -0.2) is 17.5 Å². The highest BCUT2D eigenvalue weighted by Crippen LogP contribution is 2.45. The number of carbonyl (C=O) groups excluding carboxylic acids is 1.